The van der Waals surface area contributed by atoms with Crippen molar-refractivity contribution in [2.75, 3.05) is 14.7 Å². The monoisotopic (exact) mass is 769 g/mol. The number of fused-ring (bicyclic) bond motifs is 8. The van der Waals surface area contributed by atoms with Gasteiger partial charge in [-0.25, -0.2) is 0 Å². The third-order valence-corrected chi connectivity index (χ3v) is 11.3. The lowest BCUT2D eigenvalue weighted by Crippen LogP contribution is -2.14. The van der Waals surface area contributed by atoms with Crippen LogP contribution in [0, 0.1) is 0 Å². The number of para-hydroxylation sites is 5. The lowest BCUT2D eigenvalue weighted by atomic mass is 9.96. The van der Waals surface area contributed by atoms with Crippen LogP contribution < -0.4 is 14.7 Å². The molecule has 284 valence electrons. The highest BCUT2D eigenvalue weighted by Gasteiger charge is 2.21. The zero-order valence-electron chi connectivity index (χ0n) is 32.8. The van der Waals surface area contributed by atoms with Crippen molar-refractivity contribution in [2.45, 2.75) is 0 Å². The van der Waals surface area contributed by atoms with Crippen molar-refractivity contribution in [3.8, 4) is 0 Å². The largest absolute Gasteiger partial charge is 0.455 e. The predicted octanol–water partition coefficient (Wildman–Crippen LogP) is 16.3. The first-order valence-corrected chi connectivity index (χ1v) is 20.3. The Hall–Kier alpha value is -8.08. The molecule has 60 heavy (non-hydrogen) atoms. The van der Waals surface area contributed by atoms with Crippen LogP contribution in [-0.4, -0.2) is 0 Å². The van der Waals surface area contributed by atoms with E-state index in [-0.39, 0.29) is 0 Å². The Morgan fingerprint density at radius 3 is 1.07 bits per heavy atom. The number of anilines is 9. The van der Waals surface area contributed by atoms with E-state index < -0.39 is 0 Å². The number of benzene rings is 10. The summed E-state index contributed by atoms with van der Waals surface area (Å²) < 4.78 is 6.62. The number of furan rings is 1. The molecular formula is C56H39N3O. The highest BCUT2D eigenvalue weighted by Crippen LogP contribution is 2.46. The molecule has 0 N–H and O–H groups in total. The fourth-order valence-corrected chi connectivity index (χ4v) is 8.72. The molecule has 10 aromatic carbocycles. The molecule has 0 fully saturated rings. The van der Waals surface area contributed by atoms with E-state index in [1.54, 1.807) is 0 Å². The maximum Gasteiger partial charge on any atom is 0.143 e. The summed E-state index contributed by atoms with van der Waals surface area (Å²) in [6.45, 7) is 0. The summed E-state index contributed by atoms with van der Waals surface area (Å²) in [6.07, 6.45) is 0. The summed E-state index contributed by atoms with van der Waals surface area (Å²) >= 11 is 0. The Balaban J connectivity index is 1.09. The van der Waals surface area contributed by atoms with Gasteiger partial charge in [0.2, 0.25) is 0 Å². The lowest BCUT2D eigenvalue weighted by Gasteiger charge is -2.31. The van der Waals surface area contributed by atoms with E-state index in [2.05, 4.69) is 245 Å². The van der Waals surface area contributed by atoms with Crippen LogP contribution in [0.4, 0.5) is 51.2 Å². The lowest BCUT2D eigenvalue weighted by molar-refractivity contribution is 0.673. The number of hydrogen-bond donors (Lipinski definition) is 0. The SMILES string of the molecule is c1ccc(N(c2ccccc2)c2cccc(N(c3ccccc3)c3cccc(N(c4ccccc4)c4ccc5c6ccccc6c6oc7ccccc7c6c5c4)c3)c2)cc1. The summed E-state index contributed by atoms with van der Waals surface area (Å²) in [5.74, 6) is 0. The summed E-state index contributed by atoms with van der Waals surface area (Å²) in [4.78, 5) is 7.01. The molecule has 4 nitrogen and oxygen atoms in total. The van der Waals surface area contributed by atoms with E-state index in [1.807, 2.05) is 6.07 Å². The molecular weight excluding hydrogens is 731 g/mol. The van der Waals surface area contributed by atoms with Gasteiger partial charge in [0, 0.05) is 67.3 Å². The Kier molecular flexibility index (Phi) is 8.79. The van der Waals surface area contributed by atoms with Gasteiger partial charge >= 0.3 is 0 Å². The second-order valence-corrected chi connectivity index (χ2v) is 15.0. The number of hydrogen-bond acceptors (Lipinski definition) is 4. The van der Waals surface area contributed by atoms with Crippen LogP contribution in [-0.2, 0) is 0 Å². The van der Waals surface area contributed by atoms with Crippen LogP contribution in [0.2, 0.25) is 0 Å². The van der Waals surface area contributed by atoms with Gasteiger partial charge in [-0.2, -0.15) is 0 Å². The average molecular weight is 770 g/mol. The third kappa shape index (κ3) is 6.19. The minimum atomic E-state index is 0.893. The summed E-state index contributed by atoms with van der Waals surface area (Å²) in [7, 11) is 0. The Bertz CT molecular complexity index is 3230. The summed E-state index contributed by atoms with van der Waals surface area (Å²) in [5, 5.41) is 6.92. The van der Waals surface area contributed by atoms with Crippen molar-refractivity contribution in [3.63, 3.8) is 0 Å². The predicted molar refractivity (Wildman–Crippen MR) is 253 cm³/mol. The zero-order valence-corrected chi connectivity index (χ0v) is 32.8. The zero-order chi connectivity index (χ0) is 39.8. The van der Waals surface area contributed by atoms with Gasteiger partial charge < -0.3 is 19.1 Å². The second-order valence-electron chi connectivity index (χ2n) is 15.0. The molecule has 0 saturated carbocycles. The molecule has 0 aliphatic carbocycles. The molecule has 1 aromatic heterocycles. The normalized spacial score (nSPS) is 11.3. The summed E-state index contributed by atoms with van der Waals surface area (Å²) in [6, 6.07) is 83.9. The average Bonchev–Trinajstić information content (AvgIpc) is 3.72. The van der Waals surface area contributed by atoms with Gasteiger partial charge in [-0.15, -0.1) is 0 Å². The number of rotatable bonds is 9. The Morgan fingerprint density at radius 2 is 0.583 bits per heavy atom. The molecule has 11 aromatic rings. The van der Waals surface area contributed by atoms with Crippen molar-refractivity contribution in [1.29, 1.82) is 0 Å². The van der Waals surface area contributed by atoms with E-state index in [0.717, 1.165) is 83.9 Å². The van der Waals surface area contributed by atoms with Gasteiger partial charge in [0.05, 0.1) is 0 Å². The molecule has 4 heteroatoms. The molecule has 0 spiro atoms. The van der Waals surface area contributed by atoms with E-state index in [4.69, 9.17) is 4.42 Å². The molecule has 0 amide bonds. The minimum absolute atomic E-state index is 0.893. The fraction of sp³-hybridized carbons (Fsp3) is 0. The van der Waals surface area contributed by atoms with Crippen LogP contribution in [0.3, 0.4) is 0 Å². The Morgan fingerprint density at radius 1 is 0.233 bits per heavy atom. The standard InChI is InChI=1S/C56H39N3O/c1-5-19-40(20-6-1)57(41-21-7-2-8-22-41)44-27-17-28-45(37-44)58(42-23-9-3-10-24-42)46-29-18-30-47(38-46)59(43-25-11-4-12-26-43)48-35-36-50-49-31-13-14-32-51(49)56-55(53(50)39-48)52-33-15-16-34-54(52)60-56/h1-39H. The minimum Gasteiger partial charge on any atom is -0.455 e. The molecule has 0 aliphatic heterocycles. The molecule has 0 aliphatic rings. The van der Waals surface area contributed by atoms with Crippen molar-refractivity contribution in [2.24, 2.45) is 0 Å². The van der Waals surface area contributed by atoms with E-state index >= 15 is 0 Å². The van der Waals surface area contributed by atoms with Crippen molar-refractivity contribution >= 4 is 94.7 Å². The van der Waals surface area contributed by atoms with Gasteiger partial charge in [-0.3, -0.25) is 0 Å². The third-order valence-electron chi connectivity index (χ3n) is 11.3. The topological polar surface area (TPSA) is 22.9 Å². The molecule has 0 atom stereocenters. The van der Waals surface area contributed by atoms with Gasteiger partial charge in [0.15, 0.2) is 0 Å². The first-order valence-electron chi connectivity index (χ1n) is 20.3. The highest BCUT2D eigenvalue weighted by atomic mass is 16.3. The molecule has 1 heterocycles. The maximum absolute atomic E-state index is 6.62. The van der Waals surface area contributed by atoms with Crippen LogP contribution in [0.1, 0.15) is 0 Å². The highest BCUT2D eigenvalue weighted by molar-refractivity contribution is 6.30. The molecule has 0 radical (unpaired) electrons. The van der Waals surface area contributed by atoms with Gasteiger partial charge in [0.1, 0.15) is 11.2 Å². The Labute approximate surface area is 349 Å². The van der Waals surface area contributed by atoms with Gasteiger partial charge in [-0.05, 0) is 119 Å². The van der Waals surface area contributed by atoms with Crippen molar-refractivity contribution < 1.29 is 4.42 Å². The first-order chi connectivity index (χ1) is 29.8. The van der Waals surface area contributed by atoms with Crippen LogP contribution in [0.15, 0.2) is 241 Å². The van der Waals surface area contributed by atoms with E-state index in [1.165, 1.54) is 10.8 Å². The maximum atomic E-state index is 6.62. The molecule has 11 rings (SSSR count). The first kappa shape index (κ1) is 35.1. The van der Waals surface area contributed by atoms with Crippen molar-refractivity contribution in [1.82, 2.24) is 0 Å². The fourth-order valence-electron chi connectivity index (χ4n) is 8.72. The van der Waals surface area contributed by atoms with Crippen LogP contribution in [0.25, 0.3) is 43.5 Å². The molecule has 0 unspecified atom stereocenters. The van der Waals surface area contributed by atoms with Crippen molar-refractivity contribution in [3.05, 3.63) is 237 Å². The molecule has 0 saturated heterocycles. The van der Waals surface area contributed by atoms with Gasteiger partial charge in [0.25, 0.3) is 0 Å². The smallest absolute Gasteiger partial charge is 0.143 e. The summed E-state index contributed by atoms with van der Waals surface area (Å²) in [5.41, 5.74) is 11.4. The van der Waals surface area contributed by atoms with E-state index in [9.17, 15) is 0 Å². The quantitative estimate of drug-likeness (QED) is 0.136. The van der Waals surface area contributed by atoms with Crippen LogP contribution in [0.5, 0.6) is 0 Å². The molecule has 0 bridgehead atoms. The second kappa shape index (κ2) is 15.0. The van der Waals surface area contributed by atoms with Crippen LogP contribution >= 0.6 is 0 Å². The number of nitrogens with zero attached hydrogens (tertiary/aromatic N) is 3. The van der Waals surface area contributed by atoms with Gasteiger partial charge in [-0.1, -0.05) is 133 Å². The van der Waals surface area contributed by atoms with E-state index in [0.29, 0.717) is 0 Å².